The molecule has 0 spiro atoms. The molecular formula is C20H26N4O2. The van der Waals surface area contributed by atoms with E-state index in [0.717, 1.165) is 37.4 Å². The first-order valence-corrected chi connectivity index (χ1v) is 9.03. The molecule has 2 N–H and O–H groups in total. The van der Waals surface area contributed by atoms with Crippen LogP contribution in [0.3, 0.4) is 0 Å². The number of piperazine rings is 1. The third-order valence-electron chi connectivity index (χ3n) is 4.78. The molecule has 1 unspecified atom stereocenters. The molecule has 26 heavy (non-hydrogen) atoms. The van der Waals surface area contributed by atoms with Crippen molar-refractivity contribution in [3.63, 3.8) is 0 Å². The van der Waals surface area contributed by atoms with E-state index in [9.17, 15) is 10.1 Å². The summed E-state index contributed by atoms with van der Waals surface area (Å²) in [6.07, 6.45) is 0. The van der Waals surface area contributed by atoms with E-state index in [1.165, 1.54) is 11.1 Å². The summed E-state index contributed by atoms with van der Waals surface area (Å²) < 4.78 is 0. The smallest absolute Gasteiger partial charge is 0.292 e. The molecule has 1 fully saturated rings. The maximum Gasteiger partial charge on any atom is 0.292 e. The third kappa shape index (κ3) is 4.14. The lowest BCUT2D eigenvalue weighted by molar-refractivity contribution is -0.384. The van der Waals surface area contributed by atoms with Gasteiger partial charge in [0.25, 0.3) is 5.69 Å². The summed E-state index contributed by atoms with van der Waals surface area (Å²) >= 11 is 0. The molecule has 1 saturated heterocycles. The number of benzene rings is 2. The van der Waals surface area contributed by atoms with E-state index in [1.54, 1.807) is 6.07 Å². The molecule has 1 atom stereocenters. The first-order valence-electron chi connectivity index (χ1n) is 9.03. The highest BCUT2D eigenvalue weighted by atomic mass is 16.6. The normalized spacial score (nSPS) is 15.6. The van der Waals surface area contributed by atoms with Crippen LogP contribution in [0.4, 0.5) is 17.1 Å². The SMILES string of the molecule is Cc1cc(C)cc(C(C)Nc2cc(N3CCNCC3)ccc2[N+](=O)[O-])c1. The first kappa shape index (κ1) is 18.2. The Balaban J connectivity index is 1.89. The molecule has 2 aromatic carbocycles. The Morgan fingerprint density at radius 3 is 2.38 bits per heavy atom. The maximum absolute atomic E-state index is 11.5. The van der Waals surface area contributed by atoms with Crippen LogP contribution in [-0.4, -0.2) is 31.1 Å². The van der Waals surface area contributed by atoms with Gasteiger partial charge in [-0.25, -0.2) is 0 Å². The fourth-order valence-corrected chi connectivity index (χ4v) is 3.50. The monoisotopic (exact) mass is 354 g/mol. The Labute approximate surface area is 154 Å². The van der Waals surface area contributed by atoms with Gasteiger partial charge in [0.1, 0.15) is 5.69 Å². The van der Waals surface area contributed by atoms with Crippen LogP contribution in [0.5, 0.6) is 0 Å². The van der Waals surface area contributed by atoms with Crippen LogP contribution >= 0.6 is 0 Å². The van der Waals surface area contributed by atoms with E-state index < -0.39 is 0 Å². The summed E-state index contributed by atoms with van der Waals surface area (Å²) in [5.74, 6) is 0. The second-order valence-corrected chi connectivity index (χ2v) is 6.98. The summed E-state index contributed by atoms with van der Waals surface area (Å²) in [6.45, 7) is 9.84. The number of hydrogen-bond donors (Lipinski definition) is 2. The molecule has 0 amide bonds. The summed E-state index contributed by atoms with van der Waals surface area (Å²) in [5.41, 5.74) is 5.21. The number of anilines is 2. The van der Waals surface area contributed by atoms with Gasteiger partial charge in [0, 0.05) is 44.0 Å². The van der Waals surface area contributed by atoms with E-state index in [4.69, 9.17) is 0 Å². The average molecular weight is 354 g/mol. The number of nitrogens with one attached hydrogen (secondary N) is 2. The number of nitrogens with zero attached hydrogens (tertiary/aromatic N) is 2. The number of nitro groups is 1. The van der Waals surface area contributed by atoms with Crippen LogP contribution in [-0.2, 0) is 0 Å². The number of hydrogen-bond acceptors (Lipinski definition) is 5. The summed E-state index contributed by atoms with van der Waals surface area (Å²) in [7, 11) is 0. The standard InChI is InChI=1S/C20H26N4O2/c1-14-10-15(2)12-17(11-14)16(3)22-19-13-18(4-5-20(19)24(25)26)23-8-6-21-7-9-23/h4-5,10-13,16,21-22H,6-9H2,1-3H3. The molecule has 0 aliphatic carbocycles. The lowest BCUT2D eigenvalue weighted by atomic mass is 10.0. The molecule has 1 aliphatic heterocycles. The van der Waals surface area contributed by atoms with Crippen molar-refractivity contribution in [1.82, 2.24) is 5.32 Å². The molecule has 0 aromatic heterocycles. The van der Waals surface area contributed by atoms with E-state index in [1.807, 2.05) is 19.1 Å². The van der Waals surface area contributed by atoms with Crippen LogP contribution in [0, 0.1) is 24.0 Å². The Morgan fingerprint density at radius 2 is 1.77 bits per heavy atom. The number of aryl methyl sites for hydroxylation is 2. The van der Waals surface area contributed by atoms with Crippen molar-refractivity contribution >= 4 is 17.1 Å². The molecule has 0 bridgehead atoms. The zero-order valence-electron chi connectivity index (χ0n) is 15.6. The van der Waals surface area contributed by atoms with Gasteiger partial charge in [0.15, 0.2) is 0 Å². The molecular weight excluding hydrogens is 328 g/mol. The molecule has 6 heteroatoms. The van der Waals surface area contributed by atoms with Crippen molar-refractivity contribution in [3.8, 4) is 0 Å². The van der Waals surface area contributed by atoms with Gasteiger partial charge in [0.2, 0.25) is 0 Å². The van der Waals surface area contributed by atoms with Crippen LogP contribution in [0.15, 0.2) is 36.4 Å². The molecule has 6 nitrogen and oxygen atoms in total. The molecule has 0 saturated carbocycles. The van der Waals surface area contributed by atoms with Gasteiger partial charge >= 0.3 is 0 Å². The van der Waals surface area contributed by atoms with Crippen molar-refractivity contribution in [3.05, 3.63) is 63.2 Å². The van der Waals surface area contributed by atoms with E-state index in [2.05, 4.69) is 47.6 Å². The molecule has 0 radical (unpaired) electrons. The Hall–Kier alpha value is -2.60. The van der Waals surface area contributed by atoms with Crippen molar-refractivity contribution in [2.75, 3.05) is 36.4 Å². The van der Waals surface area contributed by atoms with Crippen molar-refractivity contribution < 1.29 is 4.92 Å². The molecule has 138 valence electrons. The second-order valence-electron chi connectivity index (χ2n) is 6.98. The zero-order chi connectivity index (χ0) is 18.7. The predicted octanol–water partition coefficient (Wildman–Crippen LogP) is 3.79. The molecule has 1 heterocycles. The minimum atomic E-state index is -0.321. The van der Waals surface area contributed by atoms with E-state index in [-0.39, 0.29) is 16.7 Å². The van der Waals surface area contributed by atoms with Gasteiger partial charge in [-0.1, -0.05) is 29.3 Å². The lowest BCUT2D eigenvalue weighted by Crippen LogP contribution is -2.43. The minimum absolute atomic E-state index is 0.0226. The average Bonchev–Trinajstić information content (AvgIpc) is 2.61. The summed E-state index contributed by atoms with van der Waals surface area (Å²) in [6, 6.07) is 11.7. The largest absolute Gasteiger partial charge is 0.373 e. The zero-order valence-corrected chi connectivity index (χ0v) is 15.6. The van der Waals surface area contributed by atoms with Crippen molar-refractivity contribution in [1.29, 1.82) is 0 Å². The highest BCUT2D eigenvalue weighted by Crippen LogP contribution is 2.32. The van der Waals surface area contributed by atoms with Crippen LogP contribution in [0.25, 0.3) is 0 Å². The van der Waals surface area contributed by atoms with Gasteiger partial charge in [-0.05, 0) is 38.5 Å². The topological polar surface area (TPSA) is 70.4 Å². The molecule has 2 aromatic rings. The quantitative estimate of drug-likeness (QED) is 0.631. The van der Waals surface area contributed by atoms with E-state index in [0.29, 0.717) is 5.69 Å². The molecule has 3 rings (SSSR count). The Morgan fingerprint density at radius 1 is 1.12 bits per heavy atom. The van der Waals surface area contributed by atoms with Crippen molar-refractivity contribution in [2.24, 2.45) is 0 Å². The van der Waals surface area contributed by atoms with Crippen LogP contribution in [0.2, 0.25) is 0 Å². The number of nitro benzene ring substituents is 1. The van der Waals surface area contributed by atoms with Gasteiger partial charge < -0.3 is 15.5 Å². The highest BCUT2D eigenvalue weighted by molar-refractivity contribution is 5.69. The van der Waals surface area contributed by atoms with Gasteiger partial charge in [-0.3, -0.25) is 10.1 Å². The van der Waals surface area contributed by atoms with Gasteiger partial charge in [-0.2, -0.15) is 0 Å². The van der Waals surface area contributed by atoms with Crippen LogP contribution in [0.1, 0.15) is 29.7 Å². The first-order chi connectivity index (χ1) is 12.4. The maximum atomic E-state index is 11.5. The summed E-state index contributed by atoms with van der Waals surface area (Å²) in [5, 5.41) is 18.2. The lowest BCUT2D eigenvalue weighted by Gasteiger charge is -2.30. The predicted molar refractivity (Wildman–Crippen MR) is 106 cm³/mol. The van der Waals surface area contributed by atoms with E-state index >= 15 is 0 Å². The molecule has 1 aliphatic rings. The minimum Gasteiger partial charge on any atom is -0.373 e. The van der Waals surface area contributed by atoms with Crippen molar-refractivity contribution in [2.45, 2.75) is 26.8 Å². The third-order valence-corrected chi connectivity index (χ3v) is 4.78. The van der Waals surface area contributed by atoms with Crippen LogP contribution < -0.4 is 15.5 Å². The van der Waals surface area contributed by atoms with Gasteiger partial charge in [-0.15, -0.1) is 0 Å². The number of rotatable bonds is 5. The Kier molecular flexibility index (Phi) is 5.42. The Bertz CT molecular complexity index is 780. The second kappa shape index (κ2) is 7.74. The summed E-state index contributed by atoms with van der Waals surface area (Å²) in [4.78, 5) is 13.4. The van der Waals surface area contributed by atoms with Gasteiger partial charge in [0.05, 0.1) is 4.92 Å². The fourth-order valence-electron chi connectivity index (χ4n) is 3.50. The highest BCUT2D eigenvalue weighted by Gasteiger charge is 2.19. The fraction of sp³-hybridized carbons (Fsp3) is 0.400.